The van der Waals surface area contributed by atoms with Crippen LogP contribution in [0.3, 0.4) is 0 Å². The summed E-state index contributed by atoms with van der Waals surface area (Å²) in [5, 5.41) is 9.77. The van der Waals surface area contributed by atoms with E-state index in [2.05, 4.69) is 15.0 Å². The summed E-state index contributed by atoms with van der Waals surface area (Å²) < 4.78 is 0. The summed E-state index contributed by atoms with van der Waals surface area (Å²) in [5.74, 6) is 0.448. The van der Waals surface area contributed by atoms with Gasteiger partial charge in [-0.25, -0.2) is 9.97 Å². The van der Waals surface area contributed by atoms with Gasteiger partial charge in [-0.15, -0.1) is 0 Å². The lowest BCUT2D eigenvalue weighted by Gasteiger charge is -1.93. The summed E-state index contributed by atoms with van der Waals surface area (Å²) in [6.07, 6.45) is 3.60. The smallest absolute Gasteiger partial charge is 0.156 e. The average molecular weight is 163 g/mol. The number of H-pyrrole nitrogens is 1. The molecule has 12 heavy (non-hydrogen) atoms. The maximum absolute atomic E-state index is 8.76. The summed E-state index contributed by atoms with van der Waals surface area (Å²) in [4.78, 5) is 11.1. The molecular formula is C8H9N3O. The molecule has 0 aliphatic heterocycles. The van der Waals surface area contributed by atoms with Crippen molar-refractivity contribution in [2.45, 2.75) is 13.5 Å². The van der Waals surface area contributed by atoms with Crippen LogP contribution in [-0.4, -0.2) is 20.1 Å². The van der Waals surface area contributed by atoms with E-state index in [1.807, 2.05) is 13.1 Å². The number of aromatic amines is 1. The van der Waals surface area contributed by atoms with Gasteiger partial charge in [-0.2, -0.15) is 0 Å². The van der Waals surface area contributed by atoms with Crippen LogP contribution in [0, 0.1) is 6.92 Å². The number of fused-ring (bicyclic) bond motifs is 1. The van der Waals surface area contributed by atoms with Crippen molar-refractivity contribution in [3.05, 3.63) is 23.8 Å². The van der Waals surface area contributed by atoms with Crippen molar-refractivity contribution in [3.8, 4) is 0 Å². The second-order valence-corrected chi connectivity index (χ2v) is 2.68. The second kappa shape index (κ2) is 2.57. The van der Waals surface area contributed by atoms with Gasteiger partial charge in [0.1, 0.15) is 12.3 Å². The Bertz CT molecular complexity index is 408. The topological polar surface area (TPSA) is 61.8 Å². The number of hydrogen-bond donors (Lipinski definition) is 2. The summed E-state index contributed by atoms with van der Waals surface area (Å²) in [7, 11) is 0. The molecule has 0 radical (unpaired) electrons. The molecular weight excluding hydrogens is 154 g/mol. The van der Waals surface area contributed by atoms with Crippen molar-refractivity contribution in [1.82, 2.24) is 15.0 Å². The Morgan fingerprint density at radius 3 is 3.17 bits per heavy atom. The van der Waals surface area contributed by atoms with Crippen LogP contribution in [0.15, 0.2) is 12.4 Å². The van der Waals surface area contributed by atoms with Crippen molar-refractivity contribution >= 4 is 11.0 Å². The number of aryl methyl sites for hydroxylation is 1. The monoisotopic (exact) mass is 163 g/mol. The summed E-state index contributed by atoms with van der Waals surface area (Å²) in [6, 6.07) is 0. The molecule has 2 aromatic rings. The zero-order valence-electron chi connectivity index (χ0n) is 6.70. The predicted molar refractivity (Wildman–Crippen MR) is 44.5 cm³/mol. The molecule has 0 saturated carbocycles. The van der Waals surface area contributed by atoms with Gasteiger partial charge in [-0.3, -0.25) is 0 Å². The normalized spacial score (nSPS) is 10.8. The third-order valence-electron chi connectivity index (χ3n) is 1.83. The van der Waals surface area contributed by atoms with Crippen LogP contribution in [-0.2, 0) is 6.61 Å². The number of hydrogen-bond acceptors (Lipinski definition) is 3. The first kappa shape index (κ1) is 7.24. The van der Waals surface area contributed by atoms with E-state index < -0.39 is 0 Å². The molecule has 0 bridgehead atoms. The van der Waals surface area contributed by atoms with Crippen LogP contribution >= 0.6 is 0 Å². The van der Waals surface area contributed by atoms with Gasteiger partial charge in [0, 0.05) is 17.8 Å². The Hall–Kier alpha value is -1.42. The molecule has 0 aliphatic rings. The number of aromatic nitrogens is 3. The Kier molecular flexibility index (Phi) is 1.55. The second-order valence-electron chi connectivity index (χ2n) is 2.68. The zero-order chi connectivity index (χ0) is 8.55. The van der Waals surface area contributed by atoms with Crippen molar-refractivity contribution in [1.29, 1.82) is 0 Å². The number of rotatable bonds is 1. The fraction of sp³-hybridized carbons (Fsp3) is 0.250. The third-order valence-corrected chi connectivity index (χ3v) is 1.83. The van der Waals surface area contributed by atoms with E-state index >= 15 is 0 Å². The molecule has 0 unspecified atom stereocenters. The highest BCUT2D eigenvalue weighted by atomic mass is 16.3. The van der Waals surface area contributed by atoms with Gasteiger partial charge in [0.25, 0.3) is 0 Å². The van der Waals surface area contributed by atoms with Crippen LogP contribution in [0.25, 0.3) is 11.0 Å². The molecule has 0 atom stereocenters. The molecule has 0 fully saturated rings. The highest BCUT2D eigenvalue weighted by Crippen LogP contribution is 2.13. The first-order chi connectivity index (χ1) is 5.81. The van der Waals surface area contributed by atoms with Gasteiger partial charge in [-0.1, -0.05) is 0 Å². The van der Waals surface area contributed by atoms with E-state index in [0.717, 1.165) is 16.6 Å². The molecule has 0 amide bonds. The third kappa shape index (κ3) is 0.967. The minimum Gasteiger partial charge on any atom is -0.388 e. The molecule has 2 rings (SSSR count). The Morgan fingerprint density at radius 1 is 1.58 bits per heavy atom. The highest BCUT2D eigenvalue weighted by Gasteiger charge is 2.01. The molecule has 2 N–H and O–H groups in total. The summed E-state index contributed by atoms with van der Waals surface area (Å²) in [5.41, 5.74) is 1.90. The average Bonchev–Trinajstić information content (AvgIpc) is 2.47. The highest BCUT2D eigenvalue weighted by molar-refractivity contribution is 5.78. The Labute approximate surface area is 69.3 Å². The summed E-state index contributed by atoms with van der Waals surface area (Å²) >= 11 is 0. The van der Waals surface area contributed by atoms with Crippen molar-refractivity contribution in [2.75, 3.05) is 0 Å². The lowest BCUT2D eigenvalue weighted by atomic mass is 10.3. The zero-order valence-corrected chi connectivity index (χ0v) is 6.70. The quantitative estimate of drug-likeness (QED) is 0.652. The van der Waals surface area contributed by atoms with Gasteiger partial charge >= 0.3 is 0 Å². The molecule has 0 aromatic carbocycles. The van der Waals surface area contributed by atoms with Crippen LogP contribution in [0.4, 0.5) is 0 Å². The van der Waals surface area contributed by atoms with Crippen molar-refractivity contribution in [3.63, 3.8) is 0 Å². The first-order valence-corrected chi connectivity index (χ1v) is 3.71. The van der Waals surface area contributed by atoms with Crippen molar-refractivity contribution < 1.29 is 5.11 Å². The fourth-order valence-corrected chi connectivity index (χ4v) is 1.15. The van der Waals surface area contributed by atoms with Gasteiger partial charge in [0.05, 0.1) is 0 Å². The fourth-order valence-electron chi connectivity index (χ4n) is 1.15. The summed E-state index contributed by atoms with van der Waals surface area (Å²) in [6.45, 7) is 1.87. The number of nitrogens with one attached hydrogen (secondary N) is 1. The predicted octanol–water partition coefficient (Wildman–Crippen LogP) is 0.759. The molecule has 0 spiro atoms. The Balaban J connectivity index is 2.69. The van der Waals surface area contributed by atoms with Crippen LogP contribution in [0.2, 0.25) is 0 Å². The van der Waals surface area contributed by atoms with Crippen LogP contribution in [0.5, 0.6) is 0 Å². The van der Waals surface area contributed by atoms with Crippen molar-refractivity contribution in [2.24, 2.45) is 0 Å². The minimum absolute atomic E-state index is 0.117. The lowest BCUT2D eigenvalue weighted by molar-refractivity contribution is 0.272. The Morgan fingerprint density at radius 2 is 2.42 bits per heavy atom. The van der Waals surface area contributed by atoms with E-state index in [-0.39, 0.29) is 6.61 Å². The maximum Gasteiger partial charge on any atom is 0.156 e. The SMILES string of the molecule is Cc1c[nH]c2nc(CO)ncc12. The molecule has 2 heterocycles. The number of aliphatic hydroxyl groups is 1. The molecule has 4 nitrogen and oxygen atoms in total. The van der Waals surface area contributed by atoms with Gasteiger partial charge < -0.3 is 10.1 Å². The largest absolute Gasteiger partial charge is 0.388 e. The van der Waals surface area contributed by atoms with Gasteiger partial charge in [-0.05, 0) is 12.5 Å². The van der Waals surface area contributed by atoms with E-state index in [4.69, 9.17) is 5.11 Å². The van der Waals surface area contributed by atoms with E-state index in [9.17, 15) is 0 Å². The van der Waals surface area contributed by atoms with E-state index in [0.29, 0.717) is 5.82 Å². The van der Waals surface area contributed by atoms with Gasteiger partial charge in [0.2, 0.25) is 0 Å². The molecule has 0 aliphatic carbocycles. The standard InChI is InChI=1S/C8H9N3O/c1-5-2-10-8-6(5)3-9-7(4-12)11-8/h2-3,12H,4H2,1H3,(H,9,10,11). The van der Waals surface area contributed by atoms with E-state index in [1.54, 1.807) is 6.20 Å². The number of nitrogens with zero attached hydrogens (tertiary/aromatic N) is 2. The minimum atomic E-state index is -0.117. The first-order valence-electron chi connectivity index (χ1n) is 3.71. The number of aliphatic hydroxyl groups excluding tert-OH is 1. The molecule has 2 aromatic heterocycles. The maximum atomic E-state index is 8.76. The molecule has 4 heteroatoms. The lowest BCUT2D eigenvalue weighted by Crippen LogP contribution is -1.93. The van der Waals surface area contributed by atoms with Gasteiger partial charge in [0.15, 0.2) is 5.82 Å². The van der Waals surface area contributed by atoms with E-state index in [1.165, 1.54) is 0 Å². The molecule has 62 valence electrons. The molecule has 0 saturated heterocycles. The van der Waals surface area contributed by atoms with Crippen LogP contribution in [0.1, 0.15) is 11.4 Å². The van der Waals surface area contributed by atoms with Crippen LogP contribution < -0.4 is 0 Å².